The van der Waals surface area contributed by atoms with Crippen molar-refractivity contribution in [1.29, 1.82) is 0 Å². The number of pyridine rings is 1. The zero-order chi connectivity index (χ0) is 22.8. The van der Waals surface area contributed by atoms with Gasteiger partial charge < -0.3 is 13.9 Å². The van der Waals surface area contributed by atoms with Gasteiger partial charge in [-0.25, -0.2) is 4.98 Å². The molecule has 2 aromatic carbocycles. The maximum atomic E-state index is 13.8. The van der Waals surface area contributed by atoms with Gasteiger partial charge in [0.25, 0.3) is 5.91 Å². The Morgan fingerprint density at radius 1 is 1.00 bits per heavy atom. The number of methoxy groups -OCH3 is 2. The molecule has 2 aromatic heterocycles. The zero-order valence-electron chi connectivity index (χ0n) is 18.9. The van der Waals surface area contributed by atoms with Crippen molar-refractivity contribution in [2.75, 3.05) is 19.1 Å². The molecule has 32 heavy (non-hydrogen) atoms. The maximum absolute atomic E-state index is 13.8. The van der Waals surface area contributed by atoms with Gasteiger partial charge in [0.2, 0.25) is 0 Å². The van der Waals surface area contributed by atoms with E-state index in [0.717, 1.165) is 33.2 Å². The van der Waals surface area contributed by atoms with E-state index in [9.17, 15) is 4.79 Å². The standard InChI is InChI=1S/C26H26N2O4/c1-16-12-17(2)24-18(3)25(32-22(24)13-16)26(29)28(23-8-6-7-11-27-23)15-19-9-10-20(30-4)21(14-19)31-5/h6-14H,15H2,1-5H3. The van der Waals surface area contributed by atoms with Gasteiger partial charge in [-0.05, 0) is 67.8 Å². The van der Waals surface area contributed by atoms with E-state index in [1.807, 2.05) is 63.2 Å². The lowest BCUT2D eigenvalue weighted by Gasteiger charge is -2.22. The minimum Gasteiger partial charge on any atom is -0.493 e. The number of hydrogen-bond acceptors (Lipinski definition) is 5. The minimum atomic E-state index is -0.246. The van der Waals surface area contributed by atoms with Crippen molar-refractivity contribution < 1.29 is 18.7 Å². The van der Waals surface area contributed by atoms with Crippen molar-refractivity contribution in [1.82, 2.24) is 4.98 Å². The molecule has 0 saturated carbocycles. The Morgan fingerprint density at radius 2 is 1.78 bits per heavy atom. The topological polar surface area (TPSA) is 64.8 Å². The number of rotatable bonds is 6. The molecule has 2 heterocycles. The molecule has 6 nitrogen and oxygen atoms in total. The molecule has 164 valence electrons. The van der Waals surface area contributed by atoms with Crippen LogP contribution in [0.4, 0.5) is 5.82 Å². The highest BCUT2D eigenvalue weighted by atomic mass is 16.5. The van der Waals surface area contributed by atoms with Crippen LogP contribution in [0.15, 0.2) is 59.1 Å². The lowest BCUT2D eigenvalue weighted by molar-refractivity contribution is 0.0959. The Labute approximate surface area is 187 Å². The van der Waals surface area contributed by atoms with Crippen LogP contribution < -0.4 is 14.4 Å². The van der Waals surface area contributed by atoms with Crippen LogP contribution in [0.2, 0.25) is 0 Å². The molecule has 1 amide bonds. The monoisotopic (exact) mass is 430 g/mol. The lowest BCUT2D eigenvalue weighted by Crippen LogP contribution is -2.31. The van der Waals surface area contributed by atoms with Gasteiger partial charge in [-0.15, -0.1) is 0 Å². The van der Waals surface area contributed by atoms with E-state index in [1.54, 1.807) is 25.3 Å². The number of benzene rings is 2. The second kappa shape index (κ2) is 8.75. The minimum absolute atomic E-state index is 0.246. The van der Waals surface area contributed by atoms with Crippen LogP contribution in [-0.2, 0) is 6.54 Å². The van der Waals surface area contributed by atoms with Gasteiger partial charge in [-0.2, -0.15) is 0 Å². The van der Waals surface area contributed by atoms with Crippen LogP contribution in [0.3, 0.4) is 0 Å². The third-order valence-corrected chi connectivity index (χ3v) is 5.53. The van der Waals surface area contributed by atoms with Gasteiger partial charge in [0.05, 0.1) is 20.8 Å². The summed E-state index contributed by atoms with van der Waals surface area (Å²) in [5.74, 6) is 1.85. The van der Waals surface area contributed by atoms with E-state index in [1.165, 1.54) is 0 Å². The number of carbonyl (C=O) groups excluding carboxylic acids is 1. The Balaban J connectivity index is 1.78. The molecule has 0 atom stereocenters. The molecule has 0 spiro atoms. The van der Waals surface area contributed by atoms with Crippen LogP contribution >= 0.6 is 0 Å². The van der Waals surface area contributed by atoms with Crippen LogP contribution in [0.1, 0.15) is 32.8 Å². The van der Waals surface area contributed by atoms with Crippen molar-refractivity contribution in [2.24, 2.45) is 0 Å². The summed E-state index contributed by atoms with van der Waals surface area (Å²) in [6, 6.07) is 15.1. The second-order valence-electron chi connectivity index (χ2n) is 7.78. The first-order valence-corrected chi connectivity index (χ1v) is 10.4. The molecule has 0 bridgehead atoms. The fourth-order valence-corrected chi connectivity index (χ4v) is 4.05. The molecular formula is C26H26N2O4. The molecule has 0 saturated heterocycles. The lowest BCUT2D eigenvalue weighted by atomic mass is 10.0. The zero-order valence-corrected chi connectivity index (χ0v) is 18.9. The number of carbonyl (C=O) groups is 1. The quantitative estimate of drug-likeness (QED) is 0.397. The molecule has 0 aliphatic heterocycles. The first kappa shape index (κ1) is 21.4. The van der Waals surface area contributed by atoms with E-state index in [-0.39, 0.29) is 5.91 Å². The SMILES string of the molecule is COc1ccc(CN(C(=O)c2oc3cc(C)cc(C)c3c2C)c2ccccn2)cc1OC. The van der Waals surface area contributed by atoms with Gasteiger partial charge in [-0.1, -0.05) is 18.2 Å². The molecule has 0 unspecified atom stereocenters. The number of aryl methyl sites for hydroxylation is 3. The summed E-state index contributed by atoms with van der Waals surface area (Å²) in [5, 5.41) is 0.978. The smallest absolute Gasteiger partial charge is 0.295 e. The molecule has 0 aliphatic rings. The van der Waals surface area contributed by atoms with E-state index < -0.39 is 0 Å². The van der Waals surface area contributed by atoms with Gasteiger partial charge in [0.1, 0.15) is 11.4 Å². The Bertz CT molecular complexity index is 1280. The number of anilines is 1. The maximum Gasteiger partial charge on any atom is 0.295 e. The van der Waals surface area contributed by atoms with Crippen molar-refractivity contribution >= 4 is 22.7 Å². The van der Waals surface area contributed by atoms with E-state index in [4.69, 9.17) is 13.9 Å². The highest BCUT2D eigenvalue weighted by Gasteiger charge is 2.26. The number of fused-ring (bicyclic) bond motifs is 1. The van der Waals surface area contributed by atoms with Gasteiger partial charge in [0, 0.05) is 17.1 Å². The Morgan fingerprint density at radius 3 is 2.47 bits per heavy atom. The number of furan rings is 1. The largest absolute Gasteiger partial charge is 0.493 e. The van der Waals surface area contributed by atoms with Crippen LogP contribution in [0, 0.1) is 20.8 Å². The van der Waals surface area contributed by atoms with E-state index in [2.05, 4.69) is 11.1 Å². The number of ether oxygens (including phenoxy) is 2. The summed E-state index contributed by atoms with van der Waals surface area (Å²) >= 11 is 0. The van der Waals surface area contributed by atoms with Crippen molar-refractivity contribution in [2.45, 2.75) is 27.3 Å². The number of aromatic nitrogens is 1. The summed E-state index contributed by atoms with van der Waals surface area (Å²) < 4.78 is 16.8. The van der Waals surface area contributed by atoms with Crippen molar-refractivity contribution in [3.8, 4) is 11.5 Å². The first-order valence-electron chi connectivity index (χ1n) is 10.4. The number of nitrogens with zero attached hydrogens (tertiary/aromatic N) is 2. The molecule has 4 rings (SSSR count). The molecule has 4 aromatic rings. The fraction of sp³-hybridized carbons (Fsp3) is 0.231. The predicted octanol–water partition coefficient (Wildman–Crippen LogP) is 5.62. The van der Waals surface area contributed by atoms with E-state index in [0.29, 0.717) is 29.6 Å². The molecule has 6 heteroatoms. The van der Waals surface area contributed by atoms with Crippen LogP contribution in [0.5, 0.6) is 11.5 Å². The average Bonchev–Trinajstić information content (AvgIpc) is 3.13. The third kappa shape index (κ3) is 3.91. The first-order chi connectivity index (χ1) is 15.4. The number of amides is 1. The van der Waals surface area contributed by atoms with Crippen molar-refractivity contribution in [3.63, 3.8) is 0 Å². The average molecular weight is 431 g/mol. The van der Waals surface area contributed by atoms with Crippen LogP contribution in [-0.4, -0.2) is 25.1 Å². The fourth-order valence-electron chi connectivity index (χ4n) is 4.05. The number of hydrogen-bond donors (Lipinski definition) is 0. The van der Waals surface area contributed by atoms with Crippen LogP contribution in [0.25, 0.3) is 11.0 Å². The van der Waals surface area contributed by atoms with Gasteiger partial charge >= 0.3 is 0 Å². The Hall–Kier alpha value is -3.80. The molecular weight excluding hydrogens is 404 g/mol. The van der Waals surface area contributed by atoms with Gasteiger partial charge in [0.15, 0.2) is 17.3 Å². The second-order valence-corrected chi connectivity index (χ2v) is 7.78. The molecule has 0 radical (unpaired) electrons. The highest BCUT2D eigenvalue weighted by Crippen LogP contribution is 2.32. The normalized spacial score (nSPS) is 10.9. The third-order valence-electron chi connectivity index (χ3n) is 5.53. The summed E-state index contributed by atoms with van der Waals surface area (Å²) in [7, 11) is 3.18. The van der Waals surface area contributed by atoms with Gasteiger partial charge in [-0.3, -0.25) is 9.69 Å². The summed E-state index contributed by atoms with van der Waals surface area (Å²) in [6.45, 7) is 6.27. The summed E-state index contributed by atoms with van der Waals surface area (Å²) in [6.07, 6.45) is 1.67. The molecule has 0 fully saturated rings. The summed E-state index contributed by atoms with van der Waals surface area (Å²) in [5.41, 5.74) is 4.60. The summed E-state index contributed by atoms with van der Waals surface area (Å²) in [4.78, 5) is 19.8. The van der Waals surface area contributed by atoms with Crippen molar-refractivity contribution in [3.05, 3.63) is 82.7 Å². The molecule has 0 N–H and O–H groups in total. The highest BCUT2D eigenvalue weighted by molar-refractivity contribution is 6.08. The Kier molecular flexibility index (Phi) is 5.86. The van der Waals surface area contributed by atoms with E-state index >= 15 is 0 Å². The predicted molar refractivity (Wildman–Crippen MR) is 125 cm³/mol. The molecule has 0 aliphatic carbocycles.